The molecule has 122 valence electrons. The fraction of sp³-hybridized carbons (Fsp3) is 0.438. The summed E-state index contributed by atoms with van der Waals surface area (Å²) in [7, 11) is -3.53. The van der Waals surface area contributed by atoms with Crippen molar-refractivity contribution in [2.75, 3.05) is 12.3 Å². The van der Waals surface area contributed by atoms with Crippen molar-refractivity contribution in [3.05, 3.63) is 42.5 Å². The molecule has 0 aliphatic rings. The van der Waals surface area contributed by atoms with Gasteiger partial charge in [-0.1, -0.05) is 37.6 Å². The summed E-state index contributed by atoms with van der Waals surface area (Å²) in [5.41, 5.74) is 0.512. The van der Waals surface area contributed by atoms with Gasteiger partial charge in [0.05, 0.1) is 17.2 Å². The Labute approximate surface area is 132 Å². The molecule has 0 aliphatic heterocycles. The van der Waals surface area contributed by atoms with Gasteiger partial charge in [0.2, 0.25) is 5.91 Å². The van der Waals surface area contributed by atoms with Crippen molar-refractivity contribution in [1.82, 2.24) is 5.06 Å². The summed E-state index contributed by atoms with van der Waals surface area (Å²) in [6.45, 7) is 8.86. The molecule has 0 fully saturated rings. The summed E-state index contributed by atoms with van der Waals surface area (Å²) in [6.07, 6.45) is 1.69. The second kappa shape index (κ2) is 7.07. The predicted molar refractivity (Wildman–Crippen MR) is 85.3 cm³/mol. The van der Waals surface area contributed by atoms with Gasteiger partial charge in [-0.25, -0.2) is 13.5 Å². The maximum atomic E-state index is 12.1. The van der Waals surface area contributed by atoms with Crippen molar-refractivity contribution in [3.63, 3.8) is 0 Å². The van der Waals surface area contributed by atoms with Crippen LogP contribution in [0.2, 0.25) is 0 Å². The lowest BCUT2D eigenvalue weighted by atomic mass is 9.89. The predicted octanol–water partition coefficient (Wildman–Crippen LogP) is 2.59. The molecule has 0 bridgehead atoms. The largest absolute Gasteiger partial charge is 0.286 e. The molecule has 0 unspecified atom stereocenters. The van der Waals surface area contributed by atoms with Gasteiger partial charge in [0.25, 0.3) is 0 Å². The monoisotopic (exact) mass is 325 g/mol. The molecule has 0 radical (unpaired) electrons. The maximum Gasteiger partial charge on any atom is 0.246 e. The lowest BCUT2D eigenvalue weighted by Gasteiger charge is -2.22. The Morgan fingerprint density at radius 3 is 2.36 bits per heavy atom. The Balaban J connectivity index is 2.66. The van der Waals surface area contributed by atoms with Crippen LogP contribution in [0.15, 0.2) is 41.8 Å². The van der Waals surface area contributed by atoms with Crippen LogP contribution >= 0.6 is 0 Å². The minimum absolute atomic E-state index is 0.0670. The summed E-state index contributed by atoms with van der Waals surface area (Å²) in [5.74, 6) is -0.851. The molecule has 1 aromatic carbocycles. The second-order valence-corrected chi connectivity index (χ2v) is 8.13. The Morgan fingerprint density at radius 1 is 1.32 bits per heavy atom. The third-order valence-electron chi connectivity index (χ3n) is 3.40. The zero-order chi connectivity index (χ0) is 17.0. The first-order valence-corrected chi connectivity index (χ1v) is 8.65. The zero-order valence-corrected chi connectivity index (χ0v) is 14.1. The van der Waals surface area contributed by atoms with E-state index in [0.29, 0.717) is 5.06 Å². The number of sulfone groups is 1. The number of aryl methyl sites for hydroxylation is 1. The molecule has 0 spiro atoms. The van der Waals surface area contributed by atoms with E-state index < -0.39 is 21.2 Å². The van der Waals surface area contributed by atoms with Gasteiger partial charge >= 0.3 is 0 Å². The molecule has 1 N–H and O–H groups in total. The van der Waals surface area contributed by atoms with E-state index >= 15 is 0 Å². The molecular weight excluding hydrogens is 302 g/mol. The summed E-state index contributed by atoms with van der Waals surface area (Å²) in [5, 5.41) is 10.2. The van der Waals surface area contributed by atoms with E-state index in [1.807, 2.05) is 20.8 Å². The number of nitrogens with zero attached hydrogens (tertiary/aromatic N) is 1. The first-order chi connectivity index (χ1) is 10.1. The van der Waals surface area contributed by atoms with Crippen LogP contribution in [-0.2, 0) is 14.6 Å². The highest BCUT2D eigenvalue weighted by Gasteiger charge is 2.23. The molecular formula is C16H23NO4S. The van der Waals surface area contributed by atoms with Crippen LogP contribution in [0.1, 0.15) is 25.8 Å². The molecule has 0 saturated heterocycles. The summed E-state index contributed by atoms with van der Waals surface area (Å²) in [4.78, 5) is 12.0. The molecule has 0 saturated carbocycles. The Kier molecular flexibility index (Phi) is 5.91. The van der Waals surface area contributed by atoms with Crippen molar-refractivity contribution in [3.8, 4) is 0 Å². The first kappa shape index (κ1) is 18.4. The molecule has 22 heavy (non-hydrogen) atoms. The molecule has 0 atom stereocenters. The van der Waals surface area contributed by atoms with Crippen LogP contribution in [-0.4, -0.2) is 36.9 Å². The van der Waals surface area contributed by atoms with E-state index in [4.69, 9.17) is 0 Å². The van der Waals surface area contributed by atoms with Gasteiger partial charge in [-0.2, -0.15) is 0 Å². The average molecular weight is 325 g/mol. The average Bonchev–Trinajstić information content (AvgIpc) is 2.44. The van der Waals surface area contributed by atoms with Crippen LogP contribution in [0.25, 0.3) is 0 Å². The molecule has 6 heteroatoms. The van der Waals surface area contributed by atoms with Crippen LogP contribution in [0.4, 0.5) is 0 Å². The van der Waals surface area contributed by atoms with Gasteiger partial charge in [0.15, 0.2) is 9.84 Å². The van der Waals surface area contributed by atoms with Gasteiger partial charge in [-0.15, -0.1) is 6.58 Å². The van der Waals surface area contributed by atoms with Crippen LogP contribution in [0.5, 0.6) is 0 Å². The van der Waals surface area contributed by atoms with Gasteiger partial charge in [-0.05, 0) is 24.5 Å². The second-order valence-electron chi connectivity index (χ2n) is 6.02. The maximum absolute atomic E-state index is 12.1. The minimum atomic E-state index is -3.53. The highest BCUT2D eigenvalue weighted by Crippen LogP contribution is 2.22. The lowest BCUT2D eigenvalue weighted by Crippen LogP contribution is -2.34. The number of carbonyl (C=O) groups excluding carboxylic acids is 1. The first-order valence-electron chi connectivity index (χ1n) is 7.00. The zero-order valence-electron chi connectivity index (χ0n) is 13.2. The number of rotatable bonds is 7. The number of benzene rings is 1. The quantitative estimate of drug-likeness (QED) is 0.475. The Bertz CT molecular complexity index is 633. The van der Waals surface area contributed by atoms with Crippen LogP contribution in [0.3, 0.4) is 0 Å². The number of carbonyl (C=O) groups is 1. The van der Waals surface area contributed by atoms with E-state index in [1.54, 1.807) is 18.2 Å². The lowest BCUT2D eigenvalue weighted by molar-refractivity contribution is -0.165. The number of amides is 1. The van der Waals surface area contributed by atoms with Gasteiger partial charge in [0, 0.05) is 6.42 Å². The van der Waals surface area contributed by atoms with Crippen molar-refractivity contribution in [2.24, 2.45) is 5.41 Å². The standard InChI is InChI=1S/C16H23NO4S/c1-5-16(3,4)12-15(18)17(19)10-11-22(20,21)14-8-6-13(2)7-9-14/h5-9,19H,1,10-12H2,2-4H3. The van der Waals surface area contributed by atoms with Gasteiger partial charge in [0.1, 0.15) is 0 Å². The molecule has 1 rings (SSSR count). The van der Waals surface area contributed by atoms with Crippen LogP contribution < -0.4 is 0 Å². The van der Waals surface area contributed by atoms with E-state index in [-0.39, 0.29) is 23.6 Å². The minimum Gasteiger partial charge on any atom is -0.286 e. The number of hydrogen-bond acceptors (Lipinski definition) is 4. The highest BCUT2D eigenvalue weighted by molar-refractivity contribution is 7.91. The molecule has 0 heterocycles. The van der Waals surface area contributed by atoms with Crippen molar-refractivity contribution in [1.29, 1.82) is 0 Å². The SMILES string of the molecule is C=CC(C)(C)CC(=O)N(O)CCS(=O)(=O)c1ccc(C)cc1. The third-order valence-corrected chi connectivity index (χ3v) is 5.11. The normalized spacial score (nSPS) is 12.0. The molecule has 1 amide bonds. The summed E-state index contributed by atoms with van der Waals surface area (Å²) >= 11 is 0. The van der Waals surface area contributed by atoms with Crippen molar-refractivity contribution < 1.29 is 18.4 Å². The van der Waals surface area contributed by atoms with Crippen molar-refractivity contribution >= 4 is 15.7 Å². The van der Waals surface area contributed by atoms with E-state index in [0.717, 1.165) is 5.56 Å². The van der Waals surface area contributed by atoms with E-state index in [2.05, 4.69) is 6.58 Å². The summed E-state index contributed by atoms with van der Waals surface area (Å²) in [6, 6.07) is 6.47. The van der Waals surface area contributed by atoms with E-state index in [1.165, 1.54) is 12.1 Å². The number of hydrogen-bond donors (Lipinski definition) is 1. The molecule has 0 aliphatic carbocycles. The van der Waals surface area contributed by atoms with Gasteiger partial charge in [-0.3, -0.25) is 10.0 Å². The fourth-order valence-corrected chi connectivity index (χ4v) is 2.95. The molecule has 5 nitrogen and oxygen atoms in total. The topological polar surface area (TPSA) is 74.7 Å². The fourth-order valence-electron chi connectivity index (χ4n) is 1.75. The molecule has 1 aromatic rings. The van der Waals surface area contributed by atoms with E-state index in [9.17, 15) is 18.4 Å². The Hall–Kier alpha value is -1.66. The van der Waals surface area contributed by atoms with Crippen molar-refractivity contribution in [2.45, 2.75) is 32.1 Å². The smallest absolute Gasteiger partial charge is 0.246 e. The Morgan fingerprint density at radius 2 is 1.86 bits per heavy atom. The van der Waals surface area contributed by atoms with Crippen LogP contribution in [0, 0.1) is 12.3 Å². The third kappa shape index (κ3) is 5.27. The summed E-state index contributed by atoms with van der Waals surface area (Å²) < 4.78 is 24.3. The highest BCUT2D eigenvalue weighted by atomic mass is 32.2. The molecule has 0 aromatic heterocycles. The van der Waals surface area contributed by atoms with Gasteiger partial charge < -0.3 is 0 Å². The number of allylic oxidation sites excluding steroid dienone is 1. The number of hydroxylamine groups is 2.